The predicted octanol–water partition coefficient (Wildman–Crippen LogP) is 0.803. The number of hydrogen-bond donors (Lipinski definition) is 2. The second-order valence-corrected chi connectivity index (χ2v) is 3.07. The number of nitrogens with zero attached hydrogens (tertiary/aromatic N) is 1. The van der Waals surface area contributed by atoms with Gasteiger partial charge >= 0.3 is 0 Å². The second-order valence-electron chi connectivity index (χ2n) is 3.07. The fourth-order valence-electron chi connectivity index (χ4n) is 1.11. The number of benzene rings is 1. The lowest BCUT2D eigenvalue weighted by molar-refractivity contribution is 0.0809. The standard InChI is InChI=1S/C11H11NO3/c1-3-6-12(2)11(15)9-7-8(13)4-5-10(9)14/h1,4-5,7,13-14H,6H2,2H3. The molecule has 1 aromatic carbocycles. The number of phenols is 2. The van der Waals surface area contributed by atoms with Crippen molar-refractivity contribution in [3.63, 3.8) is 0 Å². The van der Waals surface area contributed by atoms with E-state index in [0.717, 1.165) is 0 Å². The molecule has 15 heavy (non-hydrogen) atoms. The highest BCUT2D eigenvalue weighted by atomic mass is 16.3. The summed E-state index contributed by atoms with van der Waals surface area (Å²) >= 11 is 0. The Hall–Kier alpha value is -2.15. The normalized spacial score (nSPS) is 9.33. The number of hydrogen-bond acceptors (Lipinski definition) is 3. The molecular weight excluding hydrogens is 194 g/mol. The molecule has 0 aromatic heterocycles. The molecule has 0 aliphatic rings. The molecule has 0 atom stereocenters. The van der Waals surface area contributed by atoms with Gasteiger partial charge in [-0.3, -0.25) is 4.79 Å². The number of terminal acetylenes is 1. The number of rotatable bonds is 2. The molecule has 0 spiro atoms. The van der Waals surface area contributed by atoms with Gasteiger partial charge in [0.2, 0.25) is 0 Å². The first-order chi connectivity index (χ1) is 7.06. The van der Waals surface area contributed by atoms with Crippen LogP contribution in [-0.4, -0.2) is 34.6 Å². The minimum atomic E-state index is -0.429. The number of carbonyl (C=O) groups is 1. The van der Waals surface area contributed by atoms with E-state index in [1.54, 1.807) is 0 Å². The zero-order valence-corrected chi connectivity index (χ0v) is 8.27. The summed E-state index contributed by atoms with van der Waals surface area (Å²) in [5, 5.41) is 18.6. The molecule has 1 aromatic rings. The Labute approximate surface area is 87.8 Å². The van der Waals surface area contributed by atoms with E-state index in [4.69, 9.17) is 6.42 Å². The Morgan fingerprint density at radius 1 is 1.53 bits per heavy atom. The van der Waals surface area contributed by atoms with E-state index < -0.39 is 5.91 Å². The van der Waals surface area contributed by atoms with Crippen LogP contribution in [0.1, 0.15) is 10.4 Å². The van der Waals surface area contributed by atoms with Crippen LogP contribution < -0.4 is 0 Å². The molecule has 0 fully saturated rings. The summed E-state index contributed by atoms with van der Waals surface area (Å²) < 4.78 is 0. The van der Waals surface area contributed by atoms with Gasteiger partial charge in [0.15, 0.2) is 0 Å². The van der Waals surface area contributed by atoms with E-state index in [0.29, 0.717) is 0 Å². The van der Waals surface area contributed by atoms with E-state index in [1.807, 2.05) is 0 Å². The first-order valence-corrected chi connectivity index (χ1v) is 4.27. The third kappa shape index (κ3) is 2.41. The van der Waals surface area contributed by atoms with E-state index >= 15 is 0 Å². The summed E-state index contributed by atoms with van der Waals surface area (Å²) in [7, 11) is 1.52. The molecule has 0 bridgehead atoms. The number of amides is 1. The van der Waals surface area contributed by atoms with E-state index in [1.165, 1.54) is 30.1 Å². The molecule has 1 amide bonds. The Morgan fingerprint density at radius 2 is 2.20 bits per heavy atom. The van der Waals surface area contributed by atoms with Crippen molar-refractivity contribution in [2.45, 2.75) is 0 Å². The molecule has 78 valence electrons. The van der Waals surface area contributed by atoms with Crippen molar-refractivity contribution in [2.75, 3.05) is 13.6 Å². The van der Waals surface area contributed by atoms with Gasteiger partial charge in [-0.05, 0) is 18.2 Å². The van der Waals surface area contributed by atoms with Crippen molar-refractivity contribution in [2.24, 2.45) is 0 Å². The average molecular weight is 205 g/mol. The predicted molar refractivity (Wildman–Crippen MR) is 55.6 cm³/mol. The first-order valence-electron chi connectivity index (χ1n) is 4.27. The highest BCUT2D eigenvalue weighted by molar-refractivity contribution is 5.97. The summed E-state index contributed by atoms with van der Waals surface area (Å²) in [5.74, 6) is 1.63. The van der Waals surface area contributed by atoms with Crippen molar-refractivity contribution >= 4 is 5.91 Å². The maximum atomic E-state index is 11.7. The fraction of sp³-hybridized carbons (Fsp3) is 0.182. The zero-order valence-electron chi connectivity index (χ0n) is 8.27. The van der Waals surface area contributed by atoms with Crippen molar-refractivity contribution in [1.82, 2.24) is 4.90 Å². The summed E-state index contributed by atoms with van der Waals surface area (Å²) in [4.78, 5) is 12.9. The van der Waals surface area contributed by atoms with Crippen LogP contribution in [-0.2, 0) is 0 Å². The van der Waals surface area contributed by atoms with Crippen molar-refractivity contribution in [1.29, 1.82) is 0 Å². The van der Waals surface area contributed by atoms with E-state index in [2.05, 4.69) is 5.92 Å². The van der Waals surface area contributed by atoms with Gasteiger partial charge in [-0.15, -0.1) is 6.42 Å². The minimum absolute atomic E-state index is 0.0350. The molecule has 0 radical (unpaired) electrons. The molecule has 2 N–H and O–H groups in total. The summed E-state index contributed by atoms with van der Waals surface area (Å²) in [6.45, 7) is 0.147. The van der Waals surface area contributed by atoms with Gasteiger partial charge in [0.25, 0.3) is 5.91 Å². The SMILES string of the molecule is C#CCN(C)C(=O)c1cc(O)ccc1O. The molecule has 0 unspecified atom stereocenters. The van der Waals surface area contributed by atoms with Gasteiger partial charge in [-0.25, -0.2) is 0 Å². The third-order valence-corrected chi connectivity index (χ3v) is 1.89. The topological polar surface area (TPSA) is 60.8 Å². The fourth-order valence-corrected chi connectivity index (χ4v) is 1.11. The highest BCUT2D eigenvalue weighted by Gasteiger charge is 2.15. The molecule has 0 aliphatic carbocycles. The Kier molecular flexibility index (Phi) is 3.19. The third-order valence-electron chi connectivity index (χ3n) is 1.89. The van der Waals surface area contributed by atoms with E-state index in [9.17, 15) is 15.0 Å². The molecule has 0 aliphatic heterocycles. The van der Waals surface area contributed by atoms with Crippen molar-refractivity contribution < 1.29 is 15.0 Å². The molecule has 0 heterocycles. The number of carbonyl (C=O) groups excluding carboxylic acids is 1. The maximum absolute atomic E-state index is 11.7. The minimum Gasteiger partial charge on any atom is -0.508 e. The lowest BCUT2D eigenvalue weighted by atomic mass is 10.1. The van der Waals surface area contributed by atoms with Gasteiger partial charge < -0.3 is 15.1 Å². The van der Waals surface area contributed by atoms with Gasteiger partial charge in [-0.1, -0.05) is 5.92 Å². The molecule has 0 saturated heterocycles. The average Bonchev–Trinajstić information content (AvgIpc) is 2.21. The highest BCUT2D eigenvalue weighted by Crippen LogP contribution is 2.22. The van der Waals surface area contributed by atoms with Crippen LogP contribution in [0.4, 0.5) is 0 Å². The Balaban J connectivity index is 3.01. The second kappa shape index (κ2) is 4.38. The van der Waals surface area contributed by atoms with Crippen molar-refractivity contribution in [3.05, 3.63) is 23.8 Å². The Bertz CT molecular complexity index is 420. The summed E-state index contributed by atoms with van der Waals surface area (Å²) in [6, 6.07) is 3.75. The smallest absolute Gasteiger partial charge is 0.258 e. The van der Waals surface area contributed by atoms with Crippen LogP contribution >= 0.6 is 0 Å². The molecule has 4 heteroatoms. The van der Waals surface area contributed by atoms with Crippen LogP contribution in [0.15, 0.2) is 18.2 Å². The lowest BCUT2D eigenvalue weighted by Gasteiger charge is -2.14. The van der Waals surface area contributed by atoms with E-state index in [-0.39, 0.29) is 23.6 Å². The summed E-state index contributed by atoms with van der Waals surface area (Å²) in [5.41, 5.74) is 0.0350. The number of aromatic hydroxyl groups is 2. The zero-order chi connectivity index (χ0) is 11.4. The molecule has 0 saturated carbocycles. The first kappa shape index (κ1) is 10.9. The van der Waals surface area contributed by atoms with Crippen LogP contribution in [0.2, 0.25) is 0 Å². The largest absolute Gasteiger partial charge is 0.508 e. The molecular formula is C11H11NO3. The van der Waals surface area contributed by atoms with Gasteiger partial charge in [-0.2, -0.15) is 0 Å². The van der Waals surface area contributed by atoms with Crippen LogP contribution in [0.3, 0.4) is 0 Å². The monoisotopic (exact) mass is 205 g/mol. The van der Waals surface area contributed by atoms with Crippen LogP contribution in [0.5, 0.6) is 11.5 Å². The molecule has 1 rings (SSSR count). The summed E-state index contributed by atoms with van der Waals surface area (Å²) in [6.07, 6.45) is 5.06. The Morgan fingerprint density at radius 3 is 2.80 bits per heavy atom. The lowest BCUT2D eigenvalue weighted by Crippen LogP contribution is -2.26. The van der Waals surface area contributed by atoms with Crippen molar-refractivity contribution in [3.8, 4) is 23.8 Å². The van der Waals surface area contributed by atoms with Crippen LogP contribution in [0, 0.1) is 12.3 Å². The van der Waals surface area contributed by atoms with Crippen LogP contribution in [0.25, 0.3) is 0 Å². The van der Waals surface area contributed by atoms with Gasteiger partial charge in [0.1, 0.15) is 11.5 Å². The van der Waals surface area contributed by atoms with Gasteiger partial charge in [0.05, 0.1) is 12.1 Å². The maximum Gasteiger partial charge on any atom is 0.258 e. The van der Waals surface area contributed by atoms with Gasteiger partial charge in [0, 0.05) is 7.05 Å². The molecule has 4 nitrogen and oxygen atoms in total. The number of phenolic OH excluding ortho intramolecular Hbond substituents is 2. The quantitative estimate of drug-likeness (QED) is 0.554.